The summed E-state index contributed by atoms with van der Waals surface area (Å²) in [6.07, 6.45) is 3.37. The fourth-order valence-corrected chi connectivity index (χ4v) is 3.16. The van der Waals surface area contributed by atoms with Crippen LogP contribution in [0.3, 0.4) is 0 Å². The van der Waals surface area contributed by atoms with Crippen molar-refractivity contribution >= 4 is 33.8 Å². The Labute approximate surface area is 167 Å². The summed E-state index contributed by atoms with van der Waals surface area (Å²) in [7, 11) is 1.62. The van der Waals surface area contributed by atoms with Crippen LogP contribution in [0.15, 0.2) is 59.1 Å². The lowest BCUT2D eigenvalue weighted by molar-refractivity contribution is -0.127. The predicted molar refractivity (Wildman–Crippen MR) is 109 cm³/mol. The van der Waals surface area contributed by atoms with Gasteiger partial charge in [0, 0.05) is 42.3 Å². The Hall–Kier alpha value is -2.60. The zero-order valence-electron chi connectivity index (χ0n) is 15.1. The minimum absolute atomic E-state index is 0.00312. The number of halogens is 1. The molecule has 1 aliphatic rings. The van der Waals surface area contributed by atoms with Crippen molar-refractivity contribution in [2.75, 3.05) is 33.3 Å². The summed E-state index contributed by atoms with van der Waals surface area (Å²) in [4.78, 5) is 28.5. The Kier molecular flexibility index (Phi) is 6.29. The Morgan fingerprint density at radius 2 is 1.52 bits per heavy atom. The highest BCUT2D eigenvalue weighted by Gasteiger charge is 2.23. The van der Waals surface area contributed by atoms with E-state index >= 15 is 0 Å². The van der Waals surface area contributed by atoms with Crippen LogP contribution in [-0.2, 0) is 4.79 Å². The van der Waals surface area contributed by atoms with Gasteiger partial charge in [0.15, 0.2) is 0 Å². The number of ether oxygens (including phenoxy) is 1. The van der Waals surface area contributed by atoms with E-state index in [0.29, 0.717) is 31.7 Å². The number of methoxy groups -OCH3 is 1. The van der Waals surface area contributed by atoms with Gasteiger partial charge in [0.05, 0.1) is 7.11 Å². The lowest BCUT2D eigenvalue weighted by atomic mass is 10.1. The number of rotatable bonds is 4. The quantitative estimate of drug-likeness (QED) is 0.700. The van der Waals surface area contributed by atoms with Gasteiger partial charge in [0.2, 0.25) is 5.91 Å². The monoisotopic (exact) mass is 428 g/mol. The van der Waals surface area contributed by atoms with Crippen molar-refractivity contribution in [1.29, 1.82) is 0 Å². The lowest BCUT2D eigenvalue weighted by Crippen LogP contribution is -2.50. The Morgan fingerprint density at radius 1 is 0.926 bits per heavy atom. The topological polar surface area (TPSA) is 49.9 Å². The zero-order chi connectivity index (χ0) is 19.2. The lowest BCUT2D eigenvalue weighted by Gasteiger charge is -2.34. The number of piperazine rings is 1. The van der Waals surface area contributed by atoms with Gasteiger partial charge >= 0.3 is 0 Å². The molecule has 2 amide bonds. The van der Waals surface area contributed by atoms with Crippen LogP contribution >= 0.6 is 15.9 Å². The molecule has 3 rings (SSSR count). The average molecular weight is 429 g/mol. The van der Waals surface area contributed by atoms with Crippen molar-refractivity contribution in [1.82, 2.24) is 9.80 Å². The maximum absolute atomic E-state index is 12.5. The van der Waals surface area contributed by atoms with Crippen LogP contribution in [0.2, 0.25) is 0 Å². The number of amides is 2. The number of carbonyl (C=O) groups excluding carboxylic acids is 2. The van der Waals surface area contributed by atoms with Crippen molar-refractivity contribution in [3.05, 3.63) is 70.2 Å². The minimum atomic E-state index is -0.0402. The van der Waals surface area contributed by atoms with E-state index in [4.69, 9.17) is 4.74 Å². The third-order valence-corrected chi connectivity index (χ3v) is 5.03. The number of hydrogen-bond donors (Lipinski definition) is 0. The highest BCUT2D eigenvalue weighted by Crippen LogP contribution is 2.15. The highest BCUT2D eigenvalue weighted by molar-refractivity contribution is 9.10. The van der Waals surface area contributed by atoms with Crippen LogP contribution < -0.4 is 4.74 Å². The van der Waals surface area contributed by atoms with Crippen molar-refractivity contribution in [2.24, 2.45) is 0 Å². The summed E-state index contributed by atoms with van der Waals surface area (Å²) in [6, 6.07) is 14.8. The SMILES string of the molecule is COc1ccc(/C=C/C(=O)N2CCN(C(=O)c3ccc(Br)cc3)CC2)cc1. The molecule has 2 aromatic carbocycles. The zero-order valence-corrected chi connectivity index (χ0v) is 16.7. The van der Waals surface area contributed by atoms with E-state index in [-0.39, 0.29) is 11.8 Å². The normalized spacial score (nSPS) is 14.4. The molecule has 140 valence electrons. The molecule has 0 saturated carbocycles. The molecule has 0 radical (unpaired) electrons. The van der Waals surface area contributed by atoms with Crippen molar-refractivity contribution < 1.29 is 14.3 Å². The van der Waals surface area contributed by atoms with Gasteiger partial charge in [-0.1, -0.05) is 28.1 Å². The van der Waals surface area contributed by atoms with Gasteiger partial charge < -0.3 is 14.5 Å². The van der Waals surface area contributed by atoms with Gasteiger partial charge in [-0.2, -0.15) is 0 Å². The molecule has 2 aromatic rings. The van der Waals surface area contributed by atoms with Gasteiger partial charge in [0.25, 0.3) is 5.91 Å². The van der Waals surface area contributed by atoms with E-state index in [2.05, 4.69) is 15.9 Å². The third-order valence-electron chi connectivity index (χ3n) is 4.50. The van der Waals surface area contributed by atoms with Gasteiger partial charge in [0.1, 0.15) is 5.75 Å². The second kappa shape index (κ2) is 8.86. The summed E-state index contributed by atoms with van der Waals surface area (Å²) in [5.74, 6) is 0.745. The van der Waals surface area contributed by atoms with Crippen LogP contribution in [-0.4, -0.2) is 54.9 Å². The number of hydrogen-bond acceptors (Lipinski definition) is 3. The molecule has 1 saturated heterocycles. The van der Waals surface area contributed by atoms with E-state index in [1.807, 2.05) is 48.5 Å². The minimum Gasteiger partial charge on any atom is -0.497 e. The molecule has 27 heavy (non-hydrogen) atoms. The summed E-state index contributed by atoms with van der Waals surface area (Å²) >= 11 is 3.37. The molecule has 0 atom stereocenters. The van der Waals surface area contributed by atoms with Crippen molar-refractivity contribution in [3.8, 4) is 5.75 Å². The number of nitrogens with zero attached hydrogens (tertiary/aromatic N) is 2. The molecule has 6 heteroatoms. The van der Waals surface area contributed by atoms with Gasteiger partial charge in [-0.25, -0.2) is 0 Å². The van der Waals surface area contributed by atoms with Crippen LogP contribution in [0.1, 0.15) is 15.9 Å². The van der Waals surface area contributed by atoms with Crippen LogP contribution in [0.4, 0.5) is 0 Å². The molecule has 0 aromatic heterocycles. The first-order valence-corrected chi connectivity index (χ1v) is 9.52. The first-order chi connectivity index (χ1) is 13.1. The molecule has 1 aliphatic heterocycles. The smallest absolute Gasteiger partial charge is 0.253 e. The summed E-state index contributed by atoms with van der Waals surface area (Å²) in [6.45, 7) is 2.15. The molecular formula is C21H21BrN2O3. The summed E-state index contributed by atoms with van der Waals surface area (Å²) < 4.78 is 6.07. The van der Waals surface area contributed by atoms with Gasteiger partial charge in [-0.05, 0) is 48.0 Å². The predicted octanol–water partition coefficient (Wildman–Crippen LogP) is 3.46. The van der Waals surface area contributed by atoms with Crippen molar-refractivity contribution in [3.63, 3.8) is 0 Å². The first kappa shape index (κ1) is 19.2. The van der Waals surface area contributed by atoms with E-state index in [0.717, 1.165) is 15.8 Å². The van der Waals surface area contributed by atoms with E-state index in [1.165, 1.54) is 0 Å². The Balaban J connectivity index is 1.53. The van der Waals surface area contributed by atoms with Crippen LogP contribution in [0, 0.1) is 0 Å². The second-order valence-electron chi connectivity index (χ2n) is 6.23. The van der Waals surface area contributed by atoms with E-state index in [9.17, 15) is 9.59 Å². The van der Waals surface area contributed by atoms with E-state index < -0.39 is 0 Å². The molecule has 0 spiro atoms. The second-order valence-corrected chi connectivity index (χ2v) is 7.15. The maximum atomic E-state index is 12.5. The standard InChI is InChI=1S/C21H21BrN2O3/c1-27-19-9-2-16(3-10-19)4-11-20(25)23-12-14-24(15-13-23)21(26)17-5-7-18(22)8-6-17/h2-11H,12-15H2,1H3/b11-4+. The molecular weight excluding hydrogens is 408 g/mol. The average Bonchev–Trinajstić information content (AvgIpc) is 2.72. The molecule has 1 heterocycles. The largest absolute Gasteiger partial charge is 0.497 e. The Morgan fingerprint density at radius 3 is 2.11 bits per heavy atom. The number of carbonyl (C=O) groups is 2. The van der Waals surface area contributed by atoms with Gasteiger partial charge in [-0.3, -0.25) is 9.59 Å². The Bertz CT molecular complexity index is 824. The highest BCUT2D eigenvalue weighted by atomic mass is 79.9. The maximum Gasteiger partial charge on any atom is 0.253 e. The molecule has 0 unspecified atom stereocenters. The summed E-state index contributed by atoms with van der Waals surface area (Å²) in [5, 5.41) is 0. The molecule has 0 aliphatic carbocycles. The van der Waals surface area contributed by atoms with Crippen LogP contribution in [0.5, 0.6) is 5.75 Å². The number of benzene rings is 2. The summed E-state index contributed by atoms with van der Waals surface area (Å²) in [5.41, 5.74) is 1.60. The fraction of sp³-hybridized carbons (Fsp3) is 0.238. The van der Waals surface area contributed by atoms with Crippen LogP contribution in [0.25, 0.3) is 6.08 Å². The molecule has 0 bridgehead atoms. The van der Waals surface area contributed by atoms with Gasteiger partial charge in [-0.15, -0.1) is 0 Å². The first-order valence-electron chi connectivity index (χ1n) is 8.73. The molecule has 0 N–H and O–H groups in total. The van der Waals surface area contributed by atoms with Crippen molar-refractivity contribution in [2.45, 2.75) is 0 Å². The van der Waals surface area contributed by atoms with E-state index in [1.54, 1.807) is 29.1 Å². The third kappa shape index (κ3) is 4.98. The molecule has 5 nitrogen and oxygen atoms in total. The molecule has 1 fully saturated rings. The fourth-order valence-electron chi connectivity index (χ4n) is 2.89.